The predicted octanol–water partition coefficient (Wildman–Crippen LogP) is 17.0. The summed E-state index contributed by atoms with van der Waals surface area (Å²) in [5.41, 5.74) is 20.4. The first-order chi connectivity index (χ1) is 30.5. The van der Waals surface area contributed by atoms with Crippen LogP contribution in [0.2, 0.25) is 0 Å². The van der Waals surface area contributed by atoms with E-state index in [0.29, 0.717) is 0 Å². The van der Waals surface area contributed by atoms with E-state index in [-0.39, 0.29) is 5.41 Å². The molecular formula is C61H45N. The third-order valence-corrected chi connectivity index (χ3v) is 12.8. The number of anilines is 3. The van der Waals surface area contributed by atoms with E-state index in [2.05, 4.69) is 255 Å². The average molecular weight is 792 g/mol. The quantitative estimate of drug-likeness (QED) is 0.148. The molecule has 0 saturated carbocycles. The predicted molar refractivity (Wildman–Crippen MR) is 263 cm³/mol. The van der Waals surface area contributed by atoms with Crippen molar-refractivity contribution in [1.82, 2.24) is 0 Å². The smallest absolute Gasteiger partial charge is 0.0546 e. The van der Waals surface area contributed by atoms with Crippen LogP contribution in [0.15, 0.2) is 237 Å². The van der Waals surface area contributed by atoms with Crippen molar-refractivity contribution >= 4 is 27.8 Å². The summed E-state index contributed by atoms with van der Waals surface area (Å²) in [6.07, 6.45) is 0. The maximum Gasteiger partial charge on any atom is 0.0546 e. The second-order valence-electron chi connectivity index (χ2n) is 17.0. The highest BCUT2D eigenvalue weighted by Gasteiger charge is 2.36. The van der Waals surface area contributed by atoms with Gasteiger partial charge in [0.05, 0.1) is 5.69 Å². The van der Waals surface area contributed by atoms with Crippen molar-refractivity contribution < 1.29 is 0 Å². The Kier molecular flexibility index (Phi) is 9.24. The molecule has 62 heavy (non-hydrogen) atoms. The van der Waals surface area contributed by atoms with E-state index < -0.39 is 0 Å². The van der Waals surface area contributed by atoms with E-state index in [4.69, 9.17) is 0 Å². The first kappa shape index (κ1) is 37.3. The molecule has 0 heterocycles. The molecule has 0 N–H and O–H groups in total. The molecule has 0 fully saturated rings. The molecule has 1 nitrogen and oxygen atoms in total. The average Bonchev–Trinajstić information content (AvgIpc) is 3.57. The van der Waals surface area contributed by atoms with Gasteiger partial charge in [-0.3, -0.25) is 0 Å². The van der Waals surface area contributed by atoms with Gasteiger partial charge in [-0.25, -0.2) is 0 Å². The monoisotopic (exact) mass is 791 g/mol. The SMILES string of the molecule is CC1(C)c2ccccc2-c2ccc(N(c3ccc(-c4cc(-c5ccccc5)cc(-c5ccccc5)c4)cc3)c3cc(-c4ccc5ccccc5c4)ccc3-c3ccccc3)cc21. The highest BCUT2D eigenvalue weighted by Crippen LogP contribution is 2.52. The number of fused-ring (bicyclic) bond motifs is 4. The first-order valence-corrected chi connectivity index (χ1v) is 21.6. The molecule has 10 aromatic rings. The van der Waals surface area contributed by atoms with E-state index in [1.807, 2.05) is 0 Å². The fourth-order valence-electron chi connectivity index (χ4n) is 9.58. The molecule has 0 atom stereocenters. The molecule has 0 spiro atoms. The minimum absolute atomic E-state index is 0.146. The van der Waals surface area contributed by atoms with Crippen molar-refractivity contribution in [3.05, 3.63) is 248 Å². The zero-order chi connectivity index (χ0) is 41.6. The van der Waals surface area contributed by atoms with Crippen LogP contribution in [-0.2, 0) is 5.41 Å². The van der Waals surface area contributed by atoms with Crippen molar-refractivity contribution in [3.8, 4) is 66.8 Å². The molecule has 0 saturated heterocycles. The summed E-state index contributed by atoms with van der Waals surface area (Å²) in [6, 6.07) is 86.8. The summed E-state index contributed by atoms with van der Waals surface area (Å²) in [6.45, 7) is 4.73. The zero-order valence-electron chi connectivity index (χ0n) is 35.0. The Hall–Kier alpha value is -7.74. The van der Waals surface area contributed by atoms with Crippen LogP contribution in [0.4, 0.5) is 17.1 Å². The van der Waals surface area contributed by atoms with Crippen LogP contribution >= 0.6 is 0 Å². The second kappa shape index (κ2) is 15.4. The normalized spacial score (nSPS) is 12.5. The molecule has 10 aromatic carbocycles. The number of nitrogens with zero attached hydrogens (tertiary/aromatic N) is 1. The summed E-state index contributed by atoms with van der Waals surface area (Å²) in [7, 11) is 0. The van der Waals surface area contributed by atoms with Crippen LogP contribution in [0.5, 0.6) is 0 Å². The Morgan fingerprint density at radius 3 is 1.40 bits per heavy atom. The molecule has 294 valence electrons. The lowest BCUT2D eigenvalue weighted by Gasteiger charge is -2.30. The van der Waals surface area contributed by atoms with Crippen molar-refractivity contribution in [2.45, 2.75) is 19.3 Å². The van der Waals surface area contributed by atoms with Gasteiger partial charge in [0.15, 0.2) is 0 Å². The van der Waals surface area contributed by atoms with Crippen LogP contribution in [0.25, 0.3) is 77.5 Å². The Labute approximate surface area is 364 Å². The van der Waals surface area contributed by atoms with Gasteiger partial charge in [0.1, 0.15) is 0 Å². The topological polar surface area (TPSA) is 3.24 Å². The van der Waals surface area contributed by atoms with Gasteiger partial charge in [-0.15, -0.1) is 0 Å². The molecule has 0 aromatic heterocycles. The molecule has 11 rings (SSSR count). The summed E-state index contributed by atoms with van der Waals surface area (Å²) in [5.74, 6) is 0. The van der Waals surface area contributed by atoms with E-state index in [9.17, 15) is 0 Å². The second-order valence-corrected chi connectivity index (χ2v) is 17.0. The van der Waals surface area contributed by atoms with Crippen molar-refractivity contribution in [1.29, 1.82) is 0 Å². The molecule has 0 bridgehead atoms. The van der Waals surface area contributed by atoms with Gasteiger partial charge in [0.2, 0.25) is 0 Å². The van der Waals surface area contributed by atoms with E-state index >= 15 is 0 Å². The Morgan fingerprint density at radius 2 is 0.742 bits per heavy atom. The van der Waals surface area contributed by atoms with Crippen LogP contribution in [0.1, 0.15) is 25.0 Å². The van der Waals surface area contributed by atoms with Crippen molar-refractivity contribution in [3.63, 3.8) is 0 Å². The molecule has 0 aliphatic heterocycles. The van der Waals surface area contributed by atoms with Gasteiger partial charge in [0, 0.05) is 22.4 Å². The van der Waals surface area contributed by atoms with Crippen LogP contribution in [-0.4, -0.2) is 0 Å². The Balaban J connectivity index is 1.10. The largest absolute Gasteiger partial charge is 0.310 e. The van der Waals surface area contributed by atoms with Gasteiger partial charge >= 0.3 is 0 Å². The van der Waals surface area contributed by atoms with Gasteiger partial charge in [0.25, 0.3) is 0 Å². The summed E-state index contributed by atoms with van der Waals surface area (Å²) >= 11 is 0. The molecule has 1 aliphatic carbocycles. The minimum atomic E-state index is -0.146. The zero-order valence-corrected chi connectivity index (χ0v) is 35.0. The third kappa shape index (κ3) is 6.69. The molecule has 0 radical (unpaired) electrons. The fourth-order valence-corrected chi connectivity index (χ4v) is 9.58. The Bertz CT molecular complexity index is 3180. The number of hydrogen-bond donors (Lipinski definition) is 0. The molecular weight excluding hydrogens is 747 g/mol. The van der Waals surface area contributed by atoms with Gasteiger partial charge < -0.3 is 4.90 Å². The lowest BCUT2D eigenvalue weighted by Crippen LogP contribution is -2.17. The lowest BCUT2D eigenvalue weighted by atomic mass is 9.82. The number of hydrogen-bond acceptors (Lipinski definition) is 1. The van der Waals surface area contributed by atoms with E-state index in [1.165, 1.54) is 88.7 Å². The van der Waals surface area contributed by atoms with Gasteiger partial charge in [-0.2, -0.15) is 0 Å². The highest BCUT2D eigenvalue weighted by atomic mass is 15.1. The lowest BCUT2D eigenvalue weighted by molar-refractivity contribution is 0.660. The maximum absolute atomic E-state index is 2.48. The highest BCUT2D eigenvalue weighted by molar-refractivity contribution is 5.94. The first-order valence-electron chi connectivity index (χ1n) is 21.6. The van der Waals surface area contributed by atoms with Crippen molar-refractivity contribution in [2.75, 3.05) is 4.90 Å². The number of benzene rings is 10. The fraction of sp³-hybridized carbons (Fsp3) is 0.0492. The van der Waals surface area contributed by atoms with Crippen LogP contribution in [0, 0.1) is 0 Å². The third-order valence-electron chi connectivity index (χ3n) is 12.8. The maximum atomic E-state index is 2.48. The molecule has 0 amide bonds. The molecule has 1 heteroatoms. The van der Waals surface area contributed by atoms with E-state index in [0.717, 1.165) is 17.1 Å². The molecule has 0 unspecified atom stereocenters. The van der Waals surface area contributed by atoms with Gasteiger partial charge in [-0.05, 0) is 138 Å². The van der Waals surface area contributed by atoms with Gasteiger partial charge in [-0.1, -0.05) is 196 Å². The standard InChI is InChI=1S/C61H45N/c1-61(2)58-25-15-14-24-56(58)57-35-33-54(41-59(57)61)62(60-40-49(30-34-55(60)46-21-10-5-11-22-46)48-27-26-44-20-12-13-23-47(44)36-48)53-31-28-45(29-32-53)52-38-50(42-16-6-3-7-17-42)37-51(39-52)43-18-8-4-9-19-43/h3-41H,1-2H3. The van der Waals surface area contributed by atoms with Crippen LogP contribution < -0.4 is 4.90 Å². The summed E-state index contributed by atoms with van der Waals surface area (Å²) in [5, 5.41) is 2.48. The molecule has 1 aliphatic rings. The summed E-state index contributed by atoms with van der Waals surface area (Å²) in [4.78, 5) is 2.48. The Morgan fingerprint density at radius 1 is 0.274 bits per heavy atom. The van der Waals surface area contributed by atoms with E-state index in [1.54, 1.807) is 0 Å². The van der Waals surface area contributed by atoms with Crippen LogP contribution in [0.3, 0.4) is 0 Å². The number of rotatable bonds is 8. The minimum Gasteiger partial charge on any atom is -0.310 e. The van der Waals surface area contributed by atoms with Crippen molar-refractivity contribution in [2.24, 2.45) is 0 Å². The summed E-state index contributed by atoms with van der Waals surface area (Å²) < 4.78 is 0.